The Morgan fingerprint density at radius 3 is 2.76 bits per heavy atom. The minimum Gasteiger partial charge on any atom is -0.397 e. The summed E-state index contributed by atoms with van der Waals surface area (Å²) in [4.78, 5) is 13.3. The molecule has 116 valence electrons. The summed E-state index contributed by atoms with van der Waals surface area (Å²) in [6.45, 7) is 2.77. The number of hydrogen-bond acceptors (Lipinski definition) is 4. The maximum Gasteiger partial charge on any atom is 0.240 e. The van der Waals surface area contributed by atoms with E-state index in [1.165, 1.54) is 18.2 Å². The van der Waals surface area contributed by atoms with Gasteiger partial charge >= 0.3 is 0 Å². The van der Waals surface area contributed by atoms with Crippen LogP contribution in [0, 0.1) is 0 Å². The maximum absolute atomic E-state index is 12.2. The van der Waals surface area contributed by atoms with Gasteiger partial charge in [0.1, 0.15) is 0 Å². The summed E-state index contributed by atoms with van der Waals surface area (Å²) < 4.78 is 27.0. The summed E-state index contributed by atoms with van der Waals surface area (Å²) in [6, 6.07) is 3.78. The van der Waals surface area contributed by atoms with Gasteiger partial charge < -0.3 is 10.6 Å². The van der Waals surface area contributed by atoms with Gasteiger partial charge in [0.15, 0.2) is 0 Å². The lowest BCUT2D eigenvalue weighted by molar-refractivity contribution is -0.127. The fourth-order valence-corrected chi connectivity index (χ4v) is 3.67. The molecule has 1 atom stereocenters. The van der Waals surface area contributed by atoms with Crippen LogP contribution in [0.15, 0.2) is 23.1 Å². The number of benzene rings is 1. The highest BCUT2D eigenvalue weighted by atomic mass is 35.5. The predicted molar refractivity (Wildman–Crippen MR) is 81.5 cm³/mol. The smallest absolute Gasteiger partial charge is 0.240 e. The van der Waals surface area contributed by atoms with Crippen LogP contribution in [0.4, 0.5) is 5.69 Å². The number of nitrogens with two attached hydrogens (primary N) is 1. The Hall–Kier alpha value is -1.31. The Morgan fingerprint density at radius 1 is 1.48 bits per heavy atom. The van der Waals surface area contributed by atoms with Crippen molar-refractivity contribution in [3.8, 4) is 0 Å². The van der Waals surface area contributed by atoms with Gasteiger partial charge in [-0.1, -0.05) is 11.6 Å². The van der Waals surface area contributed by atoms with Crippen LogP contribution in [0.5, 0.6) is 0 Å². The molecule has 1 amide bonds. The summed E-state index contributed by atoms with van der Waals surface area (Å²) >= 11 is 5.78. The molecule has 1 heterocycles. The van der Waals surface area contributed by atoms with Gasteiger partial charge in [0, 0.05) is 25.6 Å². The first-order valence-electron chi connectivity index (χ1n) is 6.65. The van der Waals surface area contributed by atoms with Gasteiger partial charge in [0.25, 0.3) is 0 Å². The van der Waals surface area contributed by atoms with Crippen molar-refractivity contribution in [2.75, 3.05) is 18.8 Å². The highest BCUT2D eigenvalue weighted by Gasteiger charge is 2.24. The van der Waals surface area contributed by atoms with Gasteiger partial charge in [-0.05, 0) is 31.5 Å². The SMILES string of the molecule is CC(CN1CCCC1=O)NS(=O)(=O)c1ccc(Cl)c(N)c1. The van der Waals surface area contributed by atoms with Crippen LogP contribution in [0.3, 0.4) is 0 Å². The number of likely N-dealkylation sites (tertiary alicyclic amines) is 1. The largest absolute Gasteiger partial charge is 0.397 e. The molecule has 1 fully saturated rings. The second-order valence-electron chi connectivity index (χ2n) is 5.15. The summed E-state index contributed by atoms with van der Waals surface area (Å²) in [5.74, 6) is 0.0665. The highest BCUT2D eigenvalue weighted by Crippen LogP contribution is 2.22. The van der Waals surface area contributed by atoms with E-state index in [0.29, 0.717) is 24.5 Å². The van der Waals surface area contributed by atoms with Crippen LogP contribution in [0.25, 0.3) is 0 Å². The first-order chi connectivity index (χ1) is 9.79. The lowest BCUT2D eigenvalue weighted by Gasteiger charge is -2.21. The summed E-state index contributed by atoms with van der Waals surface area (Å²) in [6.07, 6.45) is 1.36. The van der Waals surface area contributed by atoms with Crippen molar-refractivity contribution < 1.29 is 13.2 Å². The Labute approximate surface area is 129 Å². The molecule has 0 spiro atoms. The molecule has 21 heavy (non-hydrogen) atoms. The Morgan fingerprint density at radius 2 is 2.19 bits per heavy atom. The normalized spacial score (nSPS) is 17.2. The van der Waals surface area contributed by atoms with Crippen LogP contribution < -0.4 is 10.5 Å². The van der Waals surface area contributed by atoms with E-state index in [1.54, 1.807) is 11.8 Å². The topological polar surface area (TPSA) is 92.5 Å². The predicted octanol–water partition coefficient (Wildman–Crippen LogP) is 1.21. The molecule has 1 saturated heterocycles. The monoisotopic (exact) mass is 331 g/mol. The Bertz CT molecular complexity index is 648. The minimum absolute atomic E-state index is 0.0593. The zero-order valence-corrected chi connectivity index (χ0v) is 13.2. The number of rotatable bonds is 5. The molecule has 1 unspecified atom stereocenters. The van der Waals surface area contributed by atoms with Crippen LogP contribution in [-0.2, 0) is 14.8 Å². The summed E-state index contributed by atoms with van der Waals surface area (Å²) in [5, 5.41) is 0.310. The second kappa shape index (κ2) is 6.21. The third-order valence-corrected chi connectivity index (χ3v) is 5.23. The van der Waals surface area contributed by atoms with Crippen LogP contribution in [-0.4, -0.2) is 38.4 Å². The highest BCUT2D eigenvalue weighted by molar-refractivity contribution is 7.89. The third-order valence-electron chi connectivity index (χ3n) is 3.30. The molecule has 0 saturated carbocycles. The van der Waals surface area contributed by atoms with Crippen molar-refractivity contribution >= 4 is 33.2 Å². The molecule has 3 N–H and O–H groups in total. The standard InChI is InChI=1S/C13H18ClN3O3S/c1-9(8-17-6-2-3-13(17)18)16-21(19,20)10-4-5-11(14)12(15)7-10/h4-5,7,9,16H,2-3,6,8,15H2,1H3. The van der Waals surface area contributed by atoms with E-state index in [9.17, 15) is 13.2 Å². The first-order valence-corrected chi connectivity index (χ1v) is 8.51. The van der Waals surface area contributed by atoms with E-state index in [0.717, 1.165) is 6.42 Å². The number of carbonyl (C=O) groups excluding carboxylic acids is 1. The van der Waals surface area contributed by atoms with Crippen molar-refractivity contribution in [3.05, 3.63) is 23.2 Å². The maximum atomic E-state index is 12.2. The number of nitrogen functional groups attached to an aromatic ring is 1. The van der Waals surface area contributed by atoms with Gasteiger partial charge in [-0.25, -0.2) is 13.1 Å². The fourth-order valence-electron chi connectivity index (χ4n) is 2.29. The zero-order valence-electron chi connectivity index (χ0n) is 11.7. The lowest BCUT2D eigenvalue weighted by atomic mass is 10.3. The van der Waals surface area contributed by atoms with E-state index < -0.39 is 10.0 Å². The van der Waals surface area contributed by atoms with Crippen molar-refractivity contribution in [2.24, 2.45) is 0 Å². The van der Waals surface area contributed by atoms with E-state index >= 15 is 0 Å². The number of nitrogens with one attached hydrogen (secondary N) is 1. The quantitative estimate of drug-likeness (QED) is 0.793. The molecular weight excluding hydrogens is 314 g/mol. The number of sulfonamides is 1. The lowest BCUT2D eigenvalue weighted by Crippen LogP contribution is -2.42. The molecule has 0 aromatic heterocycles. The van der Waals surface area contributed by atoms with Crippen molar-refractivity contribution in [1.82, 2.24) is 9.62 Å². The molecule has 1 aliphatic rings. The molecule has 0 bridgehead atoms. The number of halogens is 1. The van der Waals surface area contributed by atoms with Crippen molar-refractivity contribution in [2.45, 2.75) is 30.7 Å². The number of hydrogen-bond donors (Lipinski definition) is 2. The van der Waals surface area contributed by atoms with Crippen LogP contribution >= 0.6 is 11.6 Å². The van der Waals surface area contributed by atoms with Crippen LogP contribution in [0.1, 0.15) is 19.8 Å². The number of carbonyl (C=O) groups is 1. The Balaban J connectivity index is 2.06. The average Bonchev–Trinajstić information content (AvgIpc) is 2.77. The summed E-state index contributed by atoms with van der Waals surface area (Å²) in [7, 11) is -3.68. The first kappa shape index (κ1) is 16.1. The van der Waals surface area contributed by atoms with E-state index in [1.807, 2.05) is 0 Å². The van der Waals surface area contributed by atoms with Gasteiger partial charge in [-0.2, -0.15) is 0 Å². The molecular formula is C13H18ClN3O3S. The Kier molecular flexibility index (Phi) is 4.75. The van der Waals surface area contributed by atoms with Gasteiger partial charge in [0.05, 0.1) is 15.6 Å². The molecule has 1 aromatic rings. The van der Waals surface area contributed by atoms with E-state index in [2.05, 4.69) is 4.72 Å². The minimum atomic E-state index is -3.68. The third kappa shape index (κ3) is 3.87. The molecule has 1 aliphatic heterocycles. The van der Waals surface area contributed by atoms with Crippen molar-refractivity contribution in [1.29, 1.82) is 0 Å². The number of amides is 1. The number of anilines is 1. The second-order valence-corrected chi connectivity index (χ2v) is 7.27. The summed E-state index contributed by atoms with van der Waals surface area (Å²) in [5.41, 5.74) is 5.83. The van der Waals surface area contributed by atoms with Crippen LogP contribution in [0.2, 0.25) is 5.02 Å². The van der Waals surface area contributed by atoms with Gasteiger partial charge in [-0.15, -0.1) is 0 Å². The fraction of sp³-hybridized carbons (Fsp3) is 0.462. The molecule has 8 heteroatoms. The molecule has 0 aliphatic carbocycles. The average molecular weight is 332 g/mol. The number of nitrogens with zero attached hydrogens (tertiary/aromatic N) is 1. The van der Waals surface area contributed by atoms with Gasteiger partial charge in [0.2, 0.25) is 15.9 Å². The van der Waals surface area contributed by atoms with Crippen molar-refractivity contribution in [3.63, 3.8) is 0 Å². The molecule has 0 radical (unpaired) electrons. The zero-order chi connectivity index (χ0) is 15.6. The van der Waals surface area contributed by atoms with Gasteiger partial charge in [-0.3, -0.25) is 4.79 Å². The molecule has 1 aromatic carbocycles. The molecule has 2 rings (SSSR count). The van der Waals surface area contributed by atoms with E-state index in [4.69, 9.17) is 17.3 Å². The molecule has 6 nitrogen and oxygen atoms in total. The van der Waals surface area contributed by atoms with E-state index in [-0.39, 0.29) is 22.5 Å².